The van der Waals surface area contributed by atoms with Crippen molar-refractivity contribution in [2.24, 2.45) is 14.1 Å². The molecule has 0 saturated heterocycles. The van der Waals surface area contributed by atoms with Gasteiger partial charge in [-0.05, 0) is 13.3 Å². The number of thioether (sulfide) groups is 1. The monoisotopic (exact) mass is 370 g/mol. The lowest BCUT2D eigenvalue weighted by Crippen LogP contribution is -2.37. The summed E-state index contributed by atoms with van der Waals surface area (Å²) in [5, 5.41) is 1.31. The Kier molecular flexibility index (Phi) is 5.00. The molecule has 0 bridgehead atoms. The van der Waals surface area contributed by atoms with Crippen LogP contribution >= 0.6 is 11.8 Å². The van der Waals surface area contributed by atoms with Crippen molar-refractivity contribution >= 4 is 22.8 Å². The molecular formula is C19H22N4O2S. The summed E-state index contributed by atoms with van der Waals surface area (Å²) in [5.74, 6) is 0.520. The molecule has 1 atom stereocenters. The van der Waals surface area contributed by atoms with Gasteiger partial charge in [-0.3, -0.25) is 13.9 Å². The van der Waals surface area contributed by atoms with E-state index >= 15 is 0 Å². The second kappa shape index (κ2) is 7.07. The summed E-state index contributed by atoms with van der Waals surface area (Å²) in [4.78, 5) is 34.3. The zero-order chi connectivity index (χ0) is 19.0. The predicted octanol–water partition coefficient (Wildman–Crippen LogP) is 2.89. The molecular weight excluding hydrogens is 348 g/mol. The van der Waals surface area contributed by atoms with Crippen molar-refractivity contribution in [3.05, 3.63) is 50.7 Å². The molecule has 3 aromatic rings. The highest BCUT2D eigenvalue weighted by molar-refractivity contribution is 8.00. The molecule has 136 valence electrons. The molecule has 1 aromatic carbocycles. The Bertz CT molecular complexity index is 1080. The molecule has 0 N–H and O–H groups in total. The van der Waals surface area contributed by atoms with Crippen molar-refractivity contribution in [3.8, 4) is 11.4 Å². The minimum absolute atomic E-state index is 0.293. The van der Waals surface area contributed by atoms with E-state index in [4.69, 9.17) is 0 Å². The molecule has 0 aliphatic rings. The molecule has 26 heavy (non-hydrogen) atoms. The lowest BCUT2D eigenvalue weighted by atomic mass is 10.1. The summed E-state index contributed by atoms with van der Waals surface area (Å²) in [6, 6.07) is 7.89. The highest BCUT2D eigenvalue weighted by atomic mass is 32.2. The SMILES string of the molecule is CC[C@@H](C)Sc1nc(-c2ccc(C)cc2)nc2c1c(=O)n(C)c(=O)n2C. The Labute approximate surface area is 155 Å². The van der Waals surface area contributed by atoms with Crippen LogP contribution in [0.4, 0.5) is 0 Å². The van der Waals surface area contributed by atoms with Gasteiger partial charge in [0, 0.05) is 24.9 Å². The molecule has 0 amide bonds. The minimum Gasteiger partial charge on any atom is -0.280 e. The number of aromatic nitrogens is 4. The van der Waals surface area contributed by atoms with Crippen LogP contribution in [0, 0.1) is 6.92 Å². The van der Waals surface area contributed by atoms with Gasteiger partial charge < -0.3 is 0 Å². The summed E-state index contributed by atoms with van der Waals surface area (Å²) in [6.07, 6.45) is 0.947. The first-order chi connectivity index (χ1) is 12.3. The zero-order valence-corrected chi connectivity index (χ0v) is 16.4. The first-order valence-corrected chi connectivity index (χ1v) is 9.43. The number of nitrogens with zero attached hydrogens (tertiary/aromatic N) is 4. The molecule has 0 aliphatic heterocycles. The van der Waals surface area contributed by atoms with E-state index in [2.05, 4.69) is 23.8 Å². The van der Waals surface area contributed by atoms with Crippen LogP contribution in [-0.2, 0) is 14.1 Å². The van der Waals surface area contributed by atoms with Gasteiger partial charge in [0.15, 0.2) is 11.5 Å². The summed E-state index contributed by atoms with van der Waals surface area (Å²) in [5.41, 5.74) is 1.62. The van der Waals surface area contributed by atoms with Crippen LogP contribution in [0.5, 0.6) is 0 Å². The maximum absolute atomic E-state index is 12.7. The smallest absolute Gasteiger partial charge is 0.280 e. The standard InChI is InChI=1S/C19H22N4O2S/c1-6-12(3)26-17-14-16(22(4)19(25)23(5)18(14)24)20-15(21-17)13-9-7-11(2)8-10-13/h7-10,12H,6H2,1-5H3/t12-/m1/s1. The third kappa shape index (κ3) is 3.19. The number of benzene rings is 1. The van der Waals surface area contributed by atoms with Crippen LogP contribution in [0.25, 0.3) is 22.4 Å². The zero-order valence-electron chi connectivity index (χ0n) is 15.6. The summed E-state index contributed by atoms with van der Waals surface area (Å²) in [7, 11) is 3.11. The molecule has 6 nitrogen and oxygen atoms in total. The highest BCUT2D eigenvalue weighted by Crippen LogP contribution is 2.29. The van der Waals surface area contributed by atoms with Crippen molar-refractivity contribution in [1.29, 1.82) is 0 Å². The van der Waals surface area contributed by atoms with Crippen molar-refractivity contribution in [1.82, 2.24) is 19.1 Å². The van der Waals surface area contributed by atoms with E-state index in [1.807, 2.05) is 31.2 Å². The van der Waals surface area contributed by atoms with E-state index in [0.717, 1.165) is 22.1 Å². The minimum atomic E-state index is -0.393. The predicted molar refractivity (Wildman–Crippen MR) is 106 cm³/mol. The van der Waals surface area contributed by atoms with Gasteiger partial charge >= 0.3 is 5.69 Å². The van der Waals surface area contributed by atoms with Gasteiger partial charge in [0.2, 0.25) is 0 Å². The summed E-state index contributed by atoms with van der Waals surface area (Å²) < 4.78 is 2.52. The molecule has 2 heterocycles. The number of fused-ring (bicyclic) bond motifs is 1. The average molecular weight is 370 g/mol. The van der Waals surface area contributed by atoms with Gasteiger partial charge in [0.1, 0.15) is 10.4 Å². The van der Waals surface area contributed by atoms with E-state index in [1.54, 1.807) is 18.8 Å². The molecule has 0 radical (unpaired) electrons. The van der Waals surface area contributed by atoms with Crippen molar-refractivity contribution < 1.29 is 0 Å². The molecule has 0 fully saturated rings. The number of aryl methyl sites for hydroxylation is 2. The van der Waals surface area contributed by atoms with Crippen LogP contribution in [-0.4, -0.2) is 24.4 Å². The second-order valence-corrected chi connectivity index (χ2v) is 7.89. The van der Waals surface area contributed by atoms with E-state index in [9.17, 15) is 9.59 Å². The summed E-state index contributed by atoms with van der Waals surface area (Å²) >= 11 is 1.54. The Hall–Kier alpha value is -2.41. The number of rotatable bonds is 4. The Morgan fingerprint density at radius 3 is 2.35 bits per heavy atom. The van der Waals surface area contributed by atoms with Gasteiger partial charge in [-0.25, -0.2) is 14.8 Å². The topological polar surface area (TPSA) is 69.8 Å². The van der Waals surface area contributed by atoms with Crippen molar-refractivity contribution in [2.75, 3.05) is 0 Å². The lowest BCUT2D eigenvalue weighted by Gasteiger charge is -2.14. The molecule has 7 heteroatoms. The van der Waals surface area contributed by atoms with Gasteiger partial charge in [-0.1, -0.05) is 43.7 Å². The number of hydrogen-bond acceptors (Lipinski definition) is 5. The van der Waals surface area contributed by atoms with Crippen LogP contribution in [0.1, 0.15) is 25.8 Å². The van der Waals surface area contributed by atoms with Crippen LogP contribution in [0.3, 0.4) is 0 Å². The fourth-order valence-corrected chi connectivity index (χ4v) is 3.60. The largest absolute Gasteiger partial charge is 0.332 e. The maximum Gasteiger partial charge on any atom is 0.332 e. The third-order valence-electron chi connectivity index (χ3n) is 4.46. The summed E-state index contributed by atoms with van der Waals surface area (Å²) in [6.45, 7) is 6.20. The number of hydrogen-bond donors (Lipinski definition) is 0. The maximum atomic E-state index is 12.7. The Balaban J connectivity index is 2.37. The lowest BCUT2D eigenvalue weighted by molar-refractivity contribution is 0.703. The van der Waals surface area contributed by atoms with E-state index in [-0.39, 0.29) is 5.56 Å². The van der Waals surface area contributed by atoms with Crippen LogP contribution in [0.2, 0.25) is 0 Å². The van der Waals surface area contributed by atoms with Crippen molar-refractivity contribution in [2.45, 2.75) is 37.5 Å². The molecule has 0 unspecified atom stereocenters. The molecule has 3 rings (SSSR count). The molecule has 0 spiro atoms. The highest BCUT2D eigenvalue weighted by Gasteiger charge is 2.19. The second-order valence-electron chi connectivity index (χ2n) is 6.46. The molecule has 0 aliphatic carbocycles. The first-order valence-electron chi connectivity index (χ1n) is 8.55. The third-order valence-corrected chi connectivity index (χ3v) is 5.72. The van der Waals surface area contributed by atoms with Gasteiger partial charge in [0.25, 0.3) is 5.56 Å². The Morgan fingerprint density at radius 1 is 1.08 bits per heavy atom. The fourth-order valence-electron chi connectivity index (χ4n) is 2.62. The van der Waals surface area contributed by atoms with Gasteiger partial charge in [-0.15, -0.1) is 11.8 Å². The molecule has 0 saturated carbocycles. The van der Waals surface area contributed by atoms with E-state index in [0.29, 0.717) is 27.1 Å². The van der Waals surface area contributed by atoms with E-state index < -0.39 is 5.69 Å². The first kappa shape index (κ1) is 18.4. The quantitative estimate of drug-likeness (QED) is 0.522. The van der Waals surface area contributed by atoms with Crippen LogP contribution in [0.15, 0.2) is 38.9 Å². The van der Waals surface area contributed by atoms with Gasteiger partial charge in [0.05, 0.1) is 0 Å². The van der Waals surface area contributed by atoms with Crippen molar-refractivity contribution in [3.63, 3.8) is 0 Å². The average Bonchev–Trinajstić information content (AvgIpc) is 2.64. The van der Waals surface area contributed by atoms with Gasteiger partial charge in [-0.2, -0.15) is 0 Å². The van der Waals surface area contributed by atoms with Crippen LogP contribution < -0.4 is 11.2 Å². The fraction of sp³-hybridized carbons (Fsp3) is 0.368. The molecule has 2 aromatic heterocycles. The van der Waals surface area contributed by atoms with E-state index in [1.165, 1.54) is 11.6 Å². The normalized spacial score (nSPS) is 12.5. The Morgan fingerprint density at radius 2 is 1.73 bits per heavy atom.